The largest absolute Gasteiger partial charge is 0.332 e. The number of aryl methyl sites for hydroxylation is 1. The summed E-state index contributed by atoms with van der Waals surface area (Å²) in [6, 6.07) is 0. The van der Waals surface area contributed by atoms with E-state index >= 15 is 0 Å². The van der Waals surface area contributed by atoms with Gasteiger partial charge in [0.25, 0.3) is 5.56 Å². The average molecular weight is 301 g/mol. The number of nitrogens with zero attached hydrogens (tertiary/aromatic N) is 4. The predicted octanol–water partition coefficient (Wildman–Crippen LogP) is -0.605. The lowest BCUT2D eigenvalue weighted by molar-refractivity contribution is -0.108. The Morgan fingerprint density at radius 3 is 2.53 bits per heavy atom. The van der Waals surface area contributed by atoms with Crippen LogP contribution in [0, 0.1) is 0 Å². The molecule has 0 unspecified atom stereocenters. The maximum Gasteiger partial charge on any atom is 0.332 e. The minimum Gasteiger partial charge on any atom is -0.305 e. The normalized spacial score (nSPS) is 11.0. The van der Waals surface area contributed by atoms with E-state index in [2.05, 4.69) is 20.9 Å². The number of imidazole rings is 1. The zero-order chi connectivity index (χ0) is 12.7. The van der Waals surface area contributed by atoms with Crippen molar-refractivity contribution in [2.24, 2.45) is 14.1 Å². The summed E-state index contributed by atoms with van der Waals surface area (Å²) in [5.74, 6) is 0. The van der Waals surface area contributed by atoms with Gasteiger partial charge < -0.3 is 9.36 Å². The molecule has 0 aromatic carbocycles. The number of rotatable bonds is 2. The zero-order valence-electron chi connectivity index (χ0n) is 9.18. The second kappa shape index (κ2) is 3.95. The lowest BCUT2D eigenvalue weighted by Gasteiger charge is -2.04. The molecule has 0 spiro atoms. The first-order valence-electron chi connectivity index (χ1n) is 4.74. The highest BCUT2D eigenvalue weighted by atomic mass is 79.9. The molecule has 0 aliphatic rings. The number of aromatic nitrogens is 4. The van der Waals surface area contributed by atoms with Crippen molar-refractivity contribution in [1.82, 2.24) is 18.7 Å². The summed E-state index contributed by atoms with van der Waals surface area (Å²) in [5.41, 5.74) is -0.436. The summed E-state index contributed by atoms with van der Waals surface area (Å²) in [6.45, 7) is 0.00449. The first kappa shape index (κ1) is 11.8. The van der Waals surface area contributed by atoms with Crippen LogP contribution in [0.2, 0.25) is 0 Å². The molecule has 17 heavy (non-hydrogen) atoms. The molecule has 8 heteroatoms. The average Bonchev–Trinajstić information content (AvgIpc) is 2.62. The molecule has 0 aliphatic heterocycles. The fraction of sp³-hybridized carbons (Fsp3) is 0.333. The van der Waals surface area contributed by atoms with E-state index < -0.39 is 11.2 Å². The molecule has 0 aliphatic carbocycles. The maximum atomic E-state index is 12.0. The number of fused-ring (bicyclic) bond motifs is 1. The number of hydrogen-bond acceptors (Lipinski definition) is 4. The van der Waals surface area contributed by atoms with E-state index in [-0.39, 0.29) is 17.7 Å². The van der Waals surface area contributed by atoms with Gasteiger partial charge in [-0.15, -0.1) is 0 Å². The molecule has 0 fully saturated rings. The highest BCUT2D eigenvalue weighted by Crippen LogP contribution is 2.15. The highest BCUT2D eigenvalue weighted by Gasteiger charge is 2.17. The molecular formula is C9H9BrN4O3. The number of hydrogen-bond donors (Lipinski definition) is 0. The predicted molar refractivity (Wildman–Crippen MR) is 64.0 cm³/mol. The van der Waals surface area contributed by atoms with Gasteiger partial charge in [0.05, 0.1) is 6.54 Å². The standard InChI is InChI=1S/C9H9BrN4O3/c1-12-6-5(7(16)13(2)9(12)17)14(3-4-15)8(10)11-6/h4H,3H2,1-2H3. The number of carbonyl (C=O) groups is 1. The summed E-state index contributed by atoms with van der Waals surface area (Å²) in [6.07, 6.45) is 0.663. The van der Waals surface area contributed by atoms with Crippen LogP contribution < -0.4 is 11.2 Å². The monoisotopic (exact) mass is 300 g/mol. The molecule has 2 heterocycles. The molecule has 0 N–H and O–H groups in total. The van der Waals surface area contributed by atoms with Crippen LogP contribution in [0.25, 0.3) is 11.2 Å². The highest BCUT2D eigenvalue weighted by molar-refractivity contribution is 9.10. The Labute approximate surface area is 103 Å². The third-order valence-electron chi connectivity index (χ3n) is 2.56. The summed E-state index contributed by atoms with van der Waals surface area (Å²) in [4.78, 5) is 38.3. The van der Waals surface area contributed by atoms with Gasteiger partial charge in [-0.25, -0.2) is 9.78 Å². The Balaban J connectivity index is 3.07. The van der Waals surface area contributed by atoms with Gasteiger partial charge in [0.15, 0.2) is 15.9 Å². The van der Waals surface area contributed by atoms with E-state index in [0.29, 0.717) is 11.0 Å². The lowest BCUT2D eigenvalue weighted by atomic mass is 10.5. The molecule has 0 amide bonds. The summed E-state index contributed by atoms with van der Waals surface area (Å²) in [5, 5.41) is 0. The second-order valence-electron chi connectivity index (χ2n) is 3.54. The minimum atomic E-state index is -0.469. The minimum absolute atomic E-state index is 0.00449. The van der Waals surface area contributed by atoms with Crippen molar-refractivity contribution < 1.29 is 4.79 Å². The fourth-order valence-corrected chi connectivity index (χ4v) is 2.15. The topological polar surface area (TPSA) is 78.9 Å². The summed E-state index contributed by atoms with van der Waals surface area (Å²) >= 11 is 3.16. The van der Waals surface area contributed by atoms with Crippen molar-refractivity contribution in [3.05, 3.63) is 25.6 Å². The van der Waals surface area contributed by atoms with Crippen LogP contribution in [-0.4, -0.2) is 25.0 Å². The van der Waals surface area contributed by atoms with Gasteiger partial charge in [-0.05, 0) is 15.9 Å². The van der Waals surface area contributed by atoms with Crippen LogP contribution in [0.1, 0.15) is 0 Å². The van der Waals surface area contributed by atoms with Crippen LogP contribution in [0.4, 0.5) is 0 Å². The smallest absolute Gasteiger partial charge is 0.305 e. The van der Waals surface area contributed by atoms with Gasteiger partial charge in [0.1, 0.15) is 6.29 Å². The molecule has 0 bridgehead atoms. The van der Waals surface area contributed by atoms with Crippen LogP contribution in [0.5, 0.6) is 0 Å². The summed E-state index contributed by atoms with van der Waals surface area (Å²) in [7, 11) is 2.91. The molecule has 0 saturated carbocycles. The van der Waals surface area contributed by atoms with Crippen LogP contribution in [0.3, 0.4) is 0 Å². The maximum absolute atomic E-state index is 12.0. The van der Waals surface area contributed by atoms with Crippen molar-refractivity contribution in [2.75, 3.05) is 0 Å². The first-order valence-corrected chi connectivity index (χ1v) is 5.53. The number of carbonyl (C=O) groups excluding carboxylic acids is 1. The Kier molecular flexibility index (Phi) is 2.74. The van der Waals surface area contributed by atoms with Gasteiger partial charge in [-0.1, -0.05) is 0 Å². The Morgan fingerprint density at radius 1 is 1.29 bits per heavy atom. The van der Waals surface area contributed by atoms with Gasteiger partial charge in [-0.3, -0.25) is 13.9 Å². The van der Waals surface area contributed by atoms with E-state index in [1.54, 1.807) is 0 Å². The molecule has 2 aromatic rings. The second-order valence-corrected chi connectivity index (χ2v) is 4.25. The Bertz CT molecular complexity index is 724. The molecule has 0 radical (unpaired) electrons. The molecule has 7 nitrogen and oxygen atoms in total. The van der Waals surface area contributed by atoms with Crippen molar-refractivity contribution in [2.45, 2.75) is 6.54 Å². The zero-order valence-corrected chi connectivity index (χ0v) is 10.8. The SMILES string of the molecule is Cn1c(=O)c2c(nc(Br)n2CC=O)n(C)c1=O. The molecule has 90 valence electrons. The quantitative estimate of drug-likeness (QED) is 0.548. The molecular weight excluding hydrogens is 292 g/mol. The third kappa shape index (κ3) is 1.55. The van der Waals surface area contributed by atoms with Gasteiger partial charge in [0, 0.05) is 14.1 Å². The van der Waals surface area contributed by atoms with Crippen LogP contribution in [-0.2, 0) is 25.4 Å². The van der Waals surface area contributed by atoms with Gasteiger partial charge in [-0.2, -0.15) is 0 Å². The van der Waals surface area contributed by atoms with Gasteiger partial charge in [0.2, 0.25) is 0 Å². The number of aldehydes is 1. The van der Waals surface area contributed by atoms with Crippen molar-refractivity contribution in [3.63, 3.8) is 0 Å². The van der Waals surface area contributed by atoms with Gasteiger partial charge >= 0.3 is 5.69 Å². The van der Waals surface area contributed by atoms with Crippen LogP contribution >= 0.6 is 15.9 Å². The van der Waals surface area contributed by atoms with Crippen molar-refractivity contribution in [1.29, 1.82) is 0 Å². The molecule has 2 aromatic heterocycles. The Morgan fingerprint density at radius 2 is 1.94 bits per heavy atom. The van der Waals surface area contributed by atoms with E-state index in [1.165, 1.54) is 23.2 Å². The third-order valence-corrected chi connectivity index (χ3v) is 3.16. The first-order chi connectivity index (χ1) is 7.99. The number of halogens is 1. The summed E-state index contributed by atoms with van der Waals surface area (Å²) < 4.78 is 4.02. The van der Waals surface area contributed by atoms with Crippen LogP contribution in [0.15, 0.2) is 14.3 Å². The molecule has 0 saturated heterocycles. The Hall–Kier alpha value is -1.70. The van der Waals surface area contributed by atoms with E-state index in [1.807, 2.05) is 0 Å². The van der Waals surface area contributed by atoms with E-state index in [4.69, 9.17) is 0 Å². The van der Waals surface area contributed by atoms with Crippen molar-refractivity contribution in [3.8, 4) is 0 Å². The molecule has 0 atom stereocenters. The fourth-order valence-electron chi connectivity index (χ4n) is 1.66. The lowest BCUT2D eigenvalue weighted by Crippen LogP contribution is -2.37. The van der Waals surface area contributed by atoms with Crippen molar-refractivity contribution >= 4 is 33.4 Å². The molecule has 2 rings (SSSR count). The van der Waals surface area contributed by atoms with E-state index in [9.17, 15) is 14.4 Å². The van der Waals surface area contributed by atoms with E-state index in [0.717, 1.165) is 4.57 Å².